The Labute approximate surface area is 208 Å². The highest BCUT2D eigenvalue weighted by molar-refractivity contribution is 7.09. The molecule has 0 atom stereocenters. The van der Waals surface area contributed by atoms with Crippen molar-refractivity contribution in [1.29, 1.82) is 0 Å². The number of halogens is 3. The number of carboxylic acids is 1. The van der Waals surface area contributed by atoms with Crippen LogP contribution in [0.25, 0.3) is 0 Å². The van der Waals surface area contributed by atoms with E-state index in [9.17, 15) is 23.1 Å². The molecular weight excluding hydrogens is 493 g/mol. The van der Waals surface area contributed by atoms with Crippen molar-refractivity contribution in [3.63, 3.8) is 0 Å². The van der Waals surface area contributed by atoms with Crippen LogP contribution in [0.15, 0.2) is 96.2 Å². The van der Waals surface area contributed by atoms with Gasteiger partial charge in [-0.25, -0.2) is 4.79 Å². The Balaban J connectivity index is 1.79. The molecule has 0 spiro atoms. The molecule has 0 saturated heterocycles. The standard InChI is InChI=1S/C25H19F3N4O3S/c26-24(27,28)16-35-31-20(22(33)34)21-29-23(36-32-21)30-25(17-10-4-1-5-11-17,18-12-6-2-7-13-18)19-14-8-3-9-15-19/h1-15H,16H2,(H,33,34)(H,29,30,32)/b31-20+. The van der Waals surface area contributed by atoms with E-state index >= 15 is 0 Å². The molecule has 0 bridgehead atoms. The fourth-order valence-corrected chi connectivity index (χ4v) is 4.28. The fraction of sp³-hybridized carbons (Fsp3) is 0.120. The second-order valence-corrected chi connectivity index (χ2v) is 8.28. The van der Waals surface area contributed by atoms with Gasteiger partial charge in [-0.15, -0.1) is 0 Å². The van der Waals surface area contributed by atoms with Gasteiger partial charge in [-0.05, 0) is 16.7 Å². The van der Waals surface area contributed by atoms with Crippen LogP contribution < -0.4 is 5.32 Å². The maximum atomic E-state index is 12.4. The molecule has 2 N–H and O–H groups in total. The van der Waals surface area contributed by atoms with Crippen molar-refractivity contribution in [2.45, 2.75) is 11.7 Å². The van der Waals surface area contributed by atoms with Crippen LogP contribution >= 0.6 is 11.5 Å². The van der Waals surface area contributed by atoms with Crippen molar-refractivity contribution >= 4 is 28.3 Å². The van der Waals surface area contributed by atoms with E-state index in [-0.39, 0.29) is 11.0 Å². The Bertz CT molecular complexity index is 1230. The average molecular weight is 513 g/mol. The minimum absolute atomic E-state index is 0.228. The summed E-state index contributed by atoms with van der Waals surface area (Å²) in [6.07, 6.45) is -4.67. The van der Waals surface area contributed by atoms with Crippen LogP contribution in [-0.2, 0) is 15.2 Å². The van der Waals surface area contributed by atoms with Crippen LogP contribution in [0.5, 0.6) is 0 Å². The minimum Gasteiger partial charge on any atom is -0.476 e. The first-order valence-electron chi connectivity index (χ1n) is 10.6. The number of nitrogens with one attached hydrogen (secondary N) is 1. The quantitative estimate of drug-likeness (QED) is 0.179. The number of hydrogen-bond acceptors (Lipinski definition) is 7. The molecule has 4 rings (SSSR count). The molecule has 36 heavy (non-hydrogen) atoms. The van der Waals surface area contributed by atoms with E-state index in [4.69, 9.17) is 0 Å². The van der Waals surface area contributed by atoms with E-state index in [1.807, 2.05) is 91.0 Å². The third kappa shape index (κ3) is 5.52. The van der Waals surface area contributed by atoms with E-state index in [0.717, 1.165) is 28.2 Å². The van der Waals surface area contributed by atoms with E-state index < -0.39 is 30.0 Å². The fourth-order valence-electron chi connectivity index (χ4n) is 3.66. The maximum Gasteiger partial charge on any atom is 0.425 e. The number of nitrogens with zero attached hydrogens (tertiary/aromatic N) is 3. The summed E-state index contributed by atoms with van der Waals surface area (Å²) >= 11 is 0.851. The molecule has 184 valence electrons. The molecule has 0 aliphatic heterocycles. The number of oxime groups is 1. The second-order valence-electron chi connectivity index (χ2n) is 7.53. The molecule has 3 aromatic carbocycles. The van der Waals surface area contributed by atoms with Gasteiger partial charge >= 0.3 is 12.1 Å². The molecular formula is C25H19F3N4O3S. The largest absolute Gasteiger partial charge is 0.476 e. The molecule has 7 nitrogen and oxygen atoms in total. The number of alkyl halides is 3. The number of carboxylic acid groups (broad SMARTS) is 1. The van der Waals surface area contributed by atoms with Gasteiger partial charge < -0.3 is 15.3 Å². The van der Waals surface area contributed by atoms with Crippen molar-refractivity contribution in [1.82, 2.24) is 9.36 Å². The summed E-state index contributed by atoms with van der Waals surface area (Å²) in [5.74, 6) is -2.00. The molecule has 0 radical (unpaired) electrons. The van der Waals surface area contributed by atoms with Crippen LogP contribution in [0.2, 0.25) is 0 Å². The van der Waals surface area contributed by atoms with Gasteiger partial charge in [-0.2, -0.15) is 22.5 Å². The first-order chi connectivity index (χ1) is 17.3. The molecule has 0 amide bonds. The van der Waals surface area contributed by atoms with Gasteiger partial charge in [-0.1, -0.05) is 96.2 Å². The van der Waals surface area contributed by atoms with Gasteiger partial charge in [0.15, 0.2) is 0 Å². The van der Waals surface area contributed by atoms with E-state index in [2.05, 4.69) is 24.7 Å². The maximum absolute atomic E-state index is 12.4. The minimum atomic E-state index is -4.67. The number of aromatic nitrogens is 2. The zero-order valence-corrected chi connectivity index (χ0v) is 19.3. The Morgan fingerprint density at radius 3 is 1.78 bits per heavy atom. The first-order valence-corrected chi connectivity index (χ1v) is 11.4. The smallest absolute Gasteiger partial charge is 0.425 e. The predicted molar refractivity (Wildman–Crippen MR) is 129 cm³/mol. The number of anilines is 1. The van der Waals surface area contributed by atoms with Gasteiger partial charge in [-0.3, -0.25) is 0 Å². The Morgan fingerprint density at radius 1 is 0.889 bits per heavy atom. The van der Waals surface area contributed by atoms with Crippen LogP contribution in [0.3, 0.4) is 0 Å². The lowest BCUT2D eigenvalue weighted by Gasteiger charge is -2.36. The second kappa shape index (κ2) is 10.6. The summed E-state index contributed by atoms with van der Waals surface area (Å²) < 4.78 is 41.2. The lowest BCUT2D eigenvalue weighted by Crippen LogP contribution is -2.38. The Hall–Kier alpha value is -4.25. The highest BCUT2D eigenvalue weighted by Crippen LogP contribution is 2.40. The number of benzene rings is 3. The molecule has 0 fully saturated rings. The summed E-state index contributed by atoms with van der Waals surface area (Å²) in [6, 6.07) is 28.8. The molecule has 0 aliphatic carbocycles. The third-order valence-electron chi connectivity index (χ3n) is 5.14. The number of hydrogen-bond donors (Lipinski definition) is 2. The summed E-state index contributed by atoms with van der Waals surface area (Å²) in [5.41, 5.74) is 0.834. The SMILES string of the molecule is O=C(O)/C(=N/OCC(F)(F)F)c1nsc(NC(c2ccccc2)(c2ccccc2)c2ccccc2)n1. The van der Waals surface area contributed by atoms with Gasteiger partial charge in [0.25, 0.3) is 0 Å². The summed E-state index contributed by atoms with van der Waals surface area (Å²) in [5, 5.41) is 16.2. The highest BCUT2D eigenvalue weighted by Gasteiger charge is 2.37. The average Bonchev–Trinajstić information content (AvgIpc) is 3.34. The molecule has 11 heteroatoms. The van der Waals surface area contributed by atoms with Crippen molar-refractivity contribution in [3.05, 3.63) is 114 Å². The lowest BCUT2D eigenvalue weighted by atomic mass is 9.77. The van der Waals surface area contributed by atoms with Crippen LogP contribution in [0.1, 0.15) is 22.5 Å². The number of aliphatic carboxylic acids is 1. The molecule has 1 aromatic heterocycles. The van der Waals surface area contributed by atoms with Crippen LogP contribution in [-0.4, -0.2) is 38.9 Å². The lowest BCUT2D eigenvalue weighted by molar-refractivity contribution is -0.174. The van der Waals surface area contributed by atoms with Crippen molar-refractivity contribution in [2.24, 2.45) is 5.16 Å². The highest BCUT2D eigenvalue weighted by atomic mass is 32.1. The van der Waals surface area contributed by atoms with Gasteiger partial charge in [0.1, 0.15) is 5.54 Å². The molecule has 4 aromatic rings. The zero-order chi connectivity index (χ0) is 25.6. The summed E-state index contributed by atoms with van der Waals surface area (Å²) in [4.78, 5) is 20.0. The monoisotopic (exact) mass is 512 g/mol. The summed E-state index contributed by atoms with van der Waals surface area (Å²) in [7, 11) is 0. The van der Waals surface area contributed by atoms with Gasteiger partial charge in [0.05, 0.1) is 0 Å². The third-order valence-corrected chi connectivity index (χ3v) is 5.77. The Kier molecular flexibility index (Phi) is 7.30. The topological polar surface area (TPSA) is 96.7 Å². The summed E-state index contributed by atoms with van der Waals surface area (Å²) in [6.45, 7) is -1.74. The zero-order valence-electron chi connectivity index (χ0n) is 18.5. The number of carbonyl (C=O) groups is 1. The van der Waals surface area contributed by atoms with Crippen molar-refractivity contribution in [2.75, 3.05) is 11.9 Å². The number of rotatable bonds is 9. The van der Waals surface area contributed by atoms with E-state index in [0.29, 0.717) is 0 Å². The van der Waals surface area contributed by atoms with Gasteiger partial charge in [0, 0.05) is 11.5 Å². The van der Waals surface area contributed by atoms with E-state index in [1.165, 1.54) is 0 Å². The van der Waals surface area contributed by atoms with E-state index in [1.54, 1.807) is 0 Å². The Morgan fingerprint density at radius 2 is 1.36 bits per heavy atom. The molecule has 0 unspecified atom stereocenters. The van der Waals surface area contributed by atoms with Crippen LogP contribution in [0, 0.1) is 0 Å². The normalized spacial score (nSPS) is 12.2. The van der Waals surface area contributed by atoms with Gasteiger partial charge in [0.2, 0.25) is 23.3 Å². The molecule has 1 heterocycles. The molecule has 0 saturated carbocycles. The van der Waals surface area contributed by atoms with Crippen molar-refractivity contribution < 1.29 is 27.9 Å². The predicted octanol–water partition coefficient (Wildman–Crippen LogP) is 5.31. The first kappa shape index (κ1) is 24.9. The molecule has 0 aliphatic rings. The van der Waals surface area contributed by atoms with Crippen molar-refractivity contribution in [3.8, 4) is 0 Å². The van der Waals surface area contributed by atoms with Crippen LogP contribution in [0.4, 0.5) is 18.3 Å².